The Bertz CT molecular complexity index is 336. The number of hydrogen-bond acceptors (Lipinski definition) is 4. The third-order valence-corrected chi connectivity index (χ3v) is 3.02. The Morgan fingerprint density at radius 2 is 1.95 bits per heavy atom. The van der Waals surface area contributed by atoms with Gasteiger partial charge in [-0.05, 0) is 40.0 Å². The molecule has 1 aliphatic rings. The number of nitrogens with zero attached hydrogens (tertiary/aromatic N) is 1. The summed E-state index contributed by atoms with van der Waals surface area (Å²) >= 11 is 0. The first-order valence-electron chi connectivity index (χ1n) is 6.51. The molecular formula is C13H23NO5. The highest BCUT2D eigenvalue weighted by atomic mass is 16.6. The van der Waals surface area contributed by atoms with E-state index in [-0.39, 0.29) is 0 Å². The van der Waals surface area contributed by atoms with Gasteiger partial charge in [-0.3, -0.25) is 0 Å². The summed E-state index contributed by atoms with van der Waals surface area (Å²) in [6, 6.07) is -0.467. The Balaban J connectivity index is 2.82. The minimum Gasteiger partial charge on any atom is -0.479 e. The van der Waals surface area contributed by atoms with Crippen LogP contribution in [0.5, 0.6) is 0 Å². The maximum absolute atomic E-state index is 12.1. The number of piperidine rings is 1. The van der Waals surface area contributed by atoms with Crippen LogP contribution in [0.3, 0.4) is 0 Å². The zero-order chi connectivity index (χ0) is 14.6. The third kappa shape index (κ3) is 4.38. The maximum Gasteiger partial charge on any atom is 0.410 e. The highest BCUT2D eigenvalue weighted by Gasteiger charge is 2.38. The van der Waals surface area contributed by atoms with E-state index < -0.39 is 29.8 Å². The van der Waals surface area contributed by atoms with Crippen LogP contribution in [0.15, 0.2) is 0 Å². The van der Waals surface area contributed by atoms with Gasteiger partial charge in [0.15, 0.2) is 6.10 Å². The molecule has 0 spiro atoms. The van der Waals surface area contributed by atoms with Crippen molar-refractivity contribution in [3.05, 3.63) is 0 Å². The van der Waals surface area contributed by atoms with Gasteiger partial charge in [-0.1, -0.05) is 0 Å². The van der Waals surface area contributed by atoms with Gasteiger partial charge in [0, 0.05) is 13.7 Å². The van der Waals surface area contributed by atoms with Crippen molar-refractivity contribution >= 4 is 12.1 Å². The van der Waals surface area contributed by atoms with Gasteiger partial charge in [0.2, 0.25) is 0 Å². The number of carboxylic acids is 1. The summed E-state index contributed by atoms with van der Waals surface area (Å²) in [5.74, 6) is -1.05. The van der Waals surface area contributed by atoms with Crippen LogP contribution in [0, 0.1) is 0 Å². The first-order chi connectivity index (χ1) is 8.76. The Morgan fingerprint density at radius 1 is 1.32 bits per heavy atom. The molecule has 0 aromatic carbocycles. The Labute approximate surface area is 113 Å². The number of hydrogen-bond donors (Lipinski definition) is 1. The average molecular weight is 273 g/mol. The normalized spacial score (nSPS) is 21.9. The second kappa shape index (κ2) is 6.23. The van der Waals surface area contributed by atoms with Gasteiger partial charge in [-0.25, -0.2) is 9.59 Å². The lowest BCUT2D eigenvalue weighted by atomic mass is 9.97. The van der Waals surface area contributed by atoms with E-state index in [0.29, 0.717) is 13.0 Å². The predicted octanol–water partition coefficient (Wildman–Crippen LogP) is 1.88. The minimum absolute atomic E-state index is 0.467. The fourth-order valence-electron chi connectivity index (χ4n) is 2.24. The highest BCUT2D eigenvalue weighted by molar-refractivity contribution is 5.75. The second-order valence-corrected chi connectivity index (χ2v) is 5.73. The van der Waals surface area contributed by atoms with Gasteiger partial charge in [0.25, 0.3) is 0 Å². The molecule has 0 radical (unpaired) electrons. The molecule has 0 bridgehead atoms. The molecule has 0 unspecified atom stereocenters. The van der Waals surface area contributed by atoms with E-state index in [4.69, 9.17) is 14.6 Å². The summed E-state index contributed by atoms with van der Waals surface area (Å²) in [6.07, 6.45) is 0.876. The molecule has 1 fully saturated rings. The standard InChI is InChI=1S/C13H23NO5/c1-13(2,3)19-12(17)14-8-6-5-7-9(14)10(18-4)11(15)16/h9-10H,5-8H2,1-4H3,(H,15,16)/t9-,10-/m0/s1. The maximum atomic E-state index is 12.1. The summed E-state index contributed by atoms with van der Waals surface area (Å²) in [5, 5.41) is 9.15. The van der Waals surface area contributed by atoms with Crippen molar-refractivity contribution in [3.63, 3.8) is 0 Å². The van der Waals surface area contributed by atoms with Crippen molar-refractivity contribution in [1.82, 2.24) is 4.90 Å². The Morgan fingerprint density at radius 3 is 2.42 bits per heavy atom. The van der Waals surface area contributed by atoms with Crippen LogP contribution in [0.2, 0.25) is 0 Å². The Hall–Kier alpha value is -1.30. The van der Waals surface area contributed by atoms with Gasteiger partial charge in [-0.2, -0.15) is 0 Å². The molecule has 0 aliphatic carbocycles. The zero-order valence-corrected chi connectivity index (χ0v) is 12.0. The van der Waals surface area contributed by atoms with Crippen molar-refractivity contribution in [2.24, 2.45) is 0 Å². The fourth-order valence-corrected chi connectivity index (χ4v) is 2.24. The van der Waals surface area contributed by atoms with E-state index in [2.05, 4.69) is 0 Å². The molecule has 0 aromatic heterocycles. The molecule has 1 N–H and O–H groups in total. The monoisotopic (exact) mass is 273 g/mol. The van der Waals surface area contributed by atoms with E-state index in [1.165, 1.54) is 12.0 Å². The van der Waals surface area contributed by atoms with Crippen LogP contribution in [-0.2, 0) is 14.3 Å². The number of amides is 1. The van der Waals surface area contributed by atoms with Crippen LogP contribution < -0.4 is 0 Å². The number of carbonyl (C=O) groups is 2. The molecule has 6 nitrogen and oxygen atoms in total. The molecular weight excluding hydrogens is 250 g/mol. The molecule has 0 saturated carbocycles. The number of likely N-dealkylation sites (tertiary alicyclic amines) is 1. The summed E-state index contributed by atoms with van der Waals surface area (Å²) in [5.41, 5.74) is -0.592. The van der Waals surface area contributed by atoms with Crippen molar-refractivity contribution in [3.8, 4) is 0 Å². The SMILES string of the molecule is CO[C@H](C(=O)O)[C@@H]1CCCCN1C(=O)OC(C)(C)C. The van der Waals surface area contributed by atoms with Crippen LogP contribution in [0.4, 0.5) is 4.79 Å². The lowest BCUT2D eigenvalue weighted by Crippen LogP contribution is -2.54. The second-order valence-electron chi connectivity index (χ2n) is 5.73. The van der Waals surface area contributed by atoms with Crippen molar-refractivity contribution in [2.75, 3.05) is 13.7 Å². The third-order valence-electron chi connectivity index (χ3n) is 3.02. The van der Waals surface area contributed by atoms with E-state index in [9.17, 15) is 9.59 Å². The molecule has 1 rings (SSSR count). The van der Waals surface area contributed by atoms with Crippen LogP contribution in [-0.4, -0.2) is 53.5 Å². The minimum atomic E-state index is -1.05. The van der Waals surface area contributed by atoms with Crippen molar-refractivity contribution in [1.29, 1.82) is 0 Å². The first kappa shape index (κ1) is 15.8. The van der Waals surface area contributed by atoms with Crippen LogP contribution in [0.1, 0.15) is 40.0 Å². The van der Waals surface area contributed by atoms with Crippen molar-refractivity contribution in [2.45, 2.75) is 57.8 Å². The number of ether oxygens (including phenoxy) is 2. The van der Waals surface area contributed by atoms with E-state index in [1.807, 2.05) is 0 Å². The Kier molecular flexibility index (Phi) is 5.17. The van der Waals surface area contributed by atoms with Gasteiger partial charge in [0.1, 0.15) is 5.60 Å². The van der Waals surface area contributed by atoms with Gasteiger partial charge in [0.05, 0.1) is 6.04 Å². The topological polar surface area (TPSA) is 76.1 Å². The predicted molar refractivity (Wildman–Crippen MR) is 69.0 cm³/mol. The van der Waals surface area contributed by atoms with E-state index in [0.717, 1.165) is 12.8 Å². The summed E-state index contributed by atoms with van der Waals surface area (Å²) in [4.78, 5) is 24.8. The number of rotatable bonds is 3. The van der Waals surface area contributed by atoms with Crippen LogP contribution >= 0.6 is 0 Å². The van der Waals surface area contributed by atoms with Gasteiger partial charge in [-0.15, -0.1) is 0 Å². The lowest BCUT2D eigenvalue weighted by Gasteiger charge is -2.38. The molecule has 19 heavy (non-hydrogen) atoms. The number of methoxy groups -OCH3 is 1. The number of carbonyl (C=O) groups excluding carboxylic acids is 1. The molecule has 6 heteroatoms. The fraction of sp³-hybridized carbons (Fsp3) is 0.846. The molecule has 1 saturated heterocycles. The molecule has 110 valence electrons. The average Bonchev–Trinajstić information content (AvgIpc) is 2.27. The van der Waals surface area contributed by atoms with Gasteiger partial charge >= 0.3 is 12.1 Å². The largest absolute Gasteiger partial charge is 0.479 e. The molecule has 1 aliphatic heterocycles. The summed E-state index contributed by atoms with van der Waals surface area (Å²) < 4.78 is 10.3. The number of aliphatic carboxylic acids is 1. The summed E-state index contributed by atoms with van der Waals surface area (Å²) in [7, 11) is 1.35. The molecule has 0 aromatic rings. The lowest BCUT2D eigenvalue weighted by molar-refractivity contribution is -0.153. The number of carboxylic acid groups (broad SMARTS) is 1. The smallest absolute Gasteiger partial charge is 0.410 e. The highest BCUT2D eigenvalue weighted by Crippen LogP contribution is 2.24. The first-order valence-corrected chi connectivity index (χ1v) is 6.51. The summed E-state index contributed by atoms with van der Waals surface area (Å²) in [6.45, 7) is 5.87. The van der Waals surface area contributed by atoms with Gasteiger partial charge < -0.3 is 19.5 Å². The quantitative estimate of drug-likeness (QED) is 0.849. The van der Waals surface area contributed by atoms with Crippen LogP contribution in [0.25, 0.3) is 0 Å². The zero-order valence-electron chi connectivity index (χ0n) is 12.0. The molecule has 2 atom stereocenters. The van der Waals surface area contributed by atoms with Crippen molar-refractivity contribution < 1.29 is 24.2 Å². The van der Waals surface area contributed by atoms with E-state index in [1.54, 1.807) is 20.8 Å². The van der Waals surface area contributed by atoms with E-state index >= 15 is 0 Å². The molecule has 1 amide bonds. The molecule has 1 heterocycles.